The van der Waals surface area contributed by atoms with E-state index < -0.39 is 0 Å². The third kappa shape index (κ3) is 2.50. The Labute approximate surface area is 139 Å². The Morgan fingerprint density at radius 3 is 2.92 bits per heavy atom. The molecule has 0 radical (unpaired) electrons. The minimum absolute atomic E-state index is 0.0235. The Kier molecular flexibility index (Phi) is 3.84. The normalized spacial score (nSPS) is 23.5. The molecule has 3 heterocycles. The highest BCUT2D eigenvalue weighted by atomic mass is 16.5. The zero-order chi connectivity index (χ0) is 16.7. The molecule has 8 heteroatoms. The van der Waals surface area contributed by atoms with E-state index in [0.717, 1.165) is 42.7 Å². The van der Waals surface area contributed by atoms with Gasteiger partial charge < -0.3 is 14.2 Å². The first-order valence-electron chi connectivity index (χ1n) is 8.33. The van der Waals surface area contributed by atoms with Crippen LogP contribution < -0.4 is 0 Å². The van der Waals surface area contributed by atoms with Gasteiger partial charge in [-0.2, -0.15) is 0 Å². The largest absolute Gasteiger partial charge is 0.379 e. The number of carbonyl (C=O) groups excluding carboxylic acids is 1. The van der Waals surface area contributed by atoms with Crippen LogP contribution in [0.4, 0.5) is 0 Å². The van der Waals surface area contributed by atoms with Gasteiger partial charge in [0, 0.05) is 45.4 Å². The van der Waals surface area contributed by atoms with Gasteiger partial charge >= 0.3 is 0 Å². The Bertz CT molecular complexity index is 753. The van der Waals surface area contributed by atoms with Gasteiger partial charge in [0.2, 0.25) is 0 Å². The van der Waals surface area contributed by atoms with E-state index in [4.69, 9.17) is 9.26 Å². The van der Waals surface area contributed by atoms with Crippen LogP contribution in [0, 0.1) is 0 Å². The Morgan fingerprint density at radius 1 is 1.33 bits per heavy atom. The van der Waals surface area contributed by atoms with E-state index in [-0.39, 0.29) is 17.9 Å². The fraction of sp³-hybridized carbons (Fsp3) is 0.625. The Balaban J connectivity index is 1.56. The number of rotatable bonds is 3. The minimum Gasteiger partial charge on any atom is -0.379 e. The SMILES string of the molecule is CO[C@@H]1CN(C(=O)c2noc3c2CCCC3)C[C@H]1c1cn(C)nn1. The molecule has 1 amide bonds. The molecule has 0 saturated carbocycles. The van der Waals surface area contributed by atoms with Gasteiger partial charge in [-0.05, 0) is 19.3 Å². The molecule has 24 heavy (non-hydrogen) atoms. The van der Waals surface area contributed by atoms with Crippen molar-refractivity contribution >= 4 is 5.91 Å². The minimum atomic E-state index is -0.0895. The van der Waals surface area contributed by atoms with Gasteiger partial charge in [-0.25, -0.2) is 0 Å². The third-order valence-corrected chi connectivity index (χ3v) is 5.01. The number of likely N-dealkylation sites (tertiary alicyclic amines) is 1. The van der Waals surface area contributed by atoms with Gasteiger partial charge in [-0.3, -0.25) is 9.48 Å². The summed E-state index contributed by atoms with van der Waals surface area (Å²) >= 11 is 0. The monoisotopic (exact) mass is 331 g/mol. The number of amides is 1. The molecular weight excluding hydrogens is 310 g/mol. The van der Waals surface area contributed by atoms with Crippen LogP contribution in [0.3, 0.4) is 0 Å². The highest BCUT2D eigenvalue weighted by Gasteiger charge is 2.40. The third-order valence-electron chi connectivity index (χ3n) is 5.01. The second kappa shape index (κ2) is 6.01. The van der Waals surface area contributed by atoms with Gasteiger partial charge in [0.1, 0.15) is 5.76 Å². The summed E-state index contributed by atoms with van der Waals surface area (Å²) in [5.74, 6) is 0.822. The van der Waals surface area contributed by atoms with Crippen molar-refractivity contribution in [1.82, 2.24) is 25.1 Å². The molecule has 4 rings (SSSR count). The standard InChI is InChI=1S/C16H21N5O3/c1-20-8-12(17-19-20)11-7-21(9-14(11)23-2)16(22)15-10-5-3-4-6-13(10)24-18-15/h8,11,14H,3-7,9H2,1-2H3/t11-,14+/m0/s1. The number of hydrogen-bond acceptors (Lipinski definition) is 6. The molecule has 0 N–H and O–H groups in total. The topological polar surface area (TPSA) is 86.3 Å². The van der Waals surface area contributed by atoms with Crippen LogP contribution in [-0.2, 0) is 24.6 Å². The van der Waals surface area contributed by atoms with E-state index in [1.165, 1.54) is 0 Å². The second-order valence-corrected chi connectivity index (χ2v) is 6.55. The molecule has 1 aliphatic heterocycles. The lowest BCUT2D eigenvalue weighted by atomic mass is 9.96. The smallest absolute Gasteiger partial charge is 0.276 e. The molecule has 128 valence electrons. The average Bonchev–Trinajstić information content (AvgIpc) is 3.31. The molecule has 1 saturated heterocycles. The van der Waals surface area contributed by atoms with Crippen LogP contribution in [0.15, 0.2) is 10.7 Å². The van der Waals surface area contributed by atoms with Crippen molar-refractivity contribution in [1.29, 1.82) is 0 Å². The fourth-order valence-corrected chi connectivity index (χ4v) is 3.70. The summed E-state index contributed by atoms with van der Waals surface area (Å²) in [5.41, 5.74) is 2.31. The van der Waals surface area contributed by atoms with Gasteiger partial charge in [0.05, 0.1) is 17.7 Å². The van der Waals surface area contributed by atoms with E-state index in [2.05, 4.69) is 15.5 Å². The maximum atomic E-state index is 12.9. The molecule has 8 nitrogen and oxygen atoms in total. The molecule has 1 fully saturated rings. The summed E-state index contributed by atoms with van der Waals surface area (Å²) in [4.78, 5) is 14.7. The zero-order valence-corrected chi connectivity index (χ0v) is 13.9. The summed E-state index contributed by atoms with van der Waals surface area (Å²) in [6.07, 6.45) is 5.71. The summed E-state index contributed by atoms with van der Waals surface area (Å²) in [5, 5.41) is 12.2. The first kappa shape index (κ1) is 15.3. The van der Waals surface area contributed by atoms with Crippen molar-refractivity contribution in [2.75, 3.05) is 20.2 Å². The maximum Gasteiger partial charge on any atom is 0.276 e. The predicted molar refractivity (Wildman–Crippen MR) is 83.6 cm³/mol. The number of ether oxygens (including phenoxy) is 1. The Hall–Kier alpha value is -2.22. The molecule has 2 atom stereocenters. The van der Waals surface area contributed by atoms with Crippen molar-refractivity contribution < 1.29 is 14.1 Å². The second-order valence-electron chi connectivity index (χ2n) is 6.55. The van der Waals surface area contributed by atoms with Crippen molar-refractivity contribution in [3.05, 3.63) is 28.9 Å². The Morgan fingerprint density at radius 2 is 2.17 bits per heavy atom. The number of carbonyl (C=O) groups is 1. The summed E-state index contributed by atoms with van der Waals surface area (Å²) in [7, 11) is 3.50. The van der Waals surface area contributed by atoms with Gasteiger partial charge in [-0.15, -0.1) is 5.10 Å². The number of methoxy groups -OCH3 is 1. The summed E-state index contributed by atoms with van der Waals surface area (Å²) in [6.45, 7) is 1.08. The summed E-state index contributed by atoms with van der Waals surface area (Å²) in [6, 6.07) is 0. The molecule has 0 spiro atoms. The highest BCUT2D eigenvalue weighted by Crippen LogP contribution is 2.31. The molecule has 0 bridgehead atoms. The van der Waals surface area contributed by atoms with E-state index in [9.17, 15) is 4.79 Å². The lowest BCUT2D eigenvalue weighted by molar-refractivity contribution is 0.0705. The first-order chi connectivity index (χ1) is 11.7. The van der Waals surface area contributed by atoms with Crippen molar-refractivity contribution in [2.24, 2.45) is 7.05 Å². The van der Waals surface area contributed by atoms with E-state index in [1.807, 2.05) is 13.2 Å². The fourth-order valence-electron chi connectivity index (χ4n) is 3.70. The molecular formula is C16H21N5O3. The number of hydrogen-bond donors (Lipinski definition) is 0. The van der Waals surface area contributed by atoms with Gasteiger partial charge in [0.25, 0.3) is 5.91 Å². The quantitative estimate of drug-likeness (QED) is 0.832. The molecule has 2 aromatic heterocycles. The lowest BCUT2D eigenvalue weighted by Gasteiger charge is -2.16. The van der Waals surface area contributed by atoms with Crippen molar-refractivity contribution in [3.63, 3.8) is 0 Å². The van der Waals surface area contributed by atoms with Gasteiger partial charge in [-0.1, -0.05) is 10.4 Å². The van der Waals surface area contributed by atoms with Crippen LogP contribution in [0.25, 0.3) is 0 Å². The predicted octanol–water partition coefficient (Wildman–Crippen LogP) is 0.936. The molecule has 0 unspecified atom stereocenters. The van der Waals surface area contributed by atoms with E-state index in [0.29, 0.717) is 18.8 Å². The average molecular weight is 331 g/mol. The van der Waals surface area contributed by atoms with Crippen LogP contribution in [0.1, 0.15) is 46.3 Å². The number of aromatic nitrogens is 4. The molecule has 1 aliphatic carbocycles. The molecule has 2 aromatic rings. The van der Waals surface area contributed by atoms with E-state index >= 15 is 0 Å². The summed E-state index contributed by atoms with van der Waals surface area (Å²) < 4.78 is 12.6. The number of fused-ring (bicyclic) bond motifs is 1. The van der Waals surface area contributed by atoms with Crippen LogP contribution in [-0.4, -0.2) is 57.3 Å². The molecule has 2 aliphatic rings. The first-order valence-corrected chi connectivity index (χ1v) is 8.33. The molecule has 0 aromatic carbocycles. The number of aryl methyl sites for hydroxylation is 2. The highest BCUT2D eigenvalue weighted by molar-refractivity contribution is 5.94. The van der Waals surface area contributed by atoms with Crippen LogP contribution in [0.5, 0.6) is 0 Å². The van der Waals surface area contributed by atoms with Crippen molar-refractivity contribution in [2.45, 2.75) is 37.7 Å². The lowest BCUT2D eigenvalue weighted by Crippen LogP contribution is -2.31. The van der Waals surface area contributed by atoms with Crippen LogP contribution >= 0.6 is 0 Å². The maximum absolute atomic E-state index is 12.9. The van der Waals surface area contributed by atoms with Gasteiger partial charge in [0.15, 0.2) is 5.69 Å². The number of nitrogens with zero attached hydrogens (tertiary/aromatic N) is 5. The van der Waals surface area contributed by atoms with Crippen molar-refractivity contribution in [3.8, 4) is 0 Å². The zero-order valence-electron chi connectivity index (χ0n) is 13.9. The van der Waals surface area contributed by atoms with E-state index in [1.54, 1.807) is 16.7 Å². The van der Waals surface area contributed by atoms with Crippen LogP contribution in [0.2, 0.25) is 0 Å².